The van der Waals surface area contributed by atoms with Gasteiger partial charge in [-0.1, -0.05) is 52.0 Å². The Morgan fingerprint density at radius 2 is 1.86 bits per heavy atom. The summed E-state index contributed by atoms with van der Waals surface area (Å²) in [5.41, 5.74) is 2.87. The summed E-state index contributed by atoms with van der Waals surface area (Å²) >= 11 is 0. The summed E-state index contributed by atoms with van der Waals surface area (Å²) < 4.78 is 0. The Morgan fingerprint density at radius 1 is 1.19 bits per heavy atom. The van der Waals surface area contributed by atoms with Gasteiger partial charge in [-0.2, -0.15) is 0 Å². The molecule has 1 aliphatic rings. The molecule has 1 aliphatic heterocycles. The van der Waals surface area contributed by atoms with Crippen LogP contribution >= 0.6 is 0 Å². The first-order valence-electron chi connectivity index (χ1n) is 8.65. The van der Waals surface area contributed by atoms with Crippen LogP contribution in [0.3, 0.4) is 0 Å². The fraction of sp³-hybridized carbons (Fsp3) is 0.684. The van der Waals surface area contributed by atoms with Crippen molar-refractivity contribution in [3.8, 4) is 0 Å². The Labute approximate surface area is 130 Å². The standard InChI is InChI=1S/C19H32N2/c1-5-11-20-19(14-21-12-10-16(4)13-21)18-8-6-17(7-9-18)15(2)3/h6-9,15-16,19-20H,5,10-14H2,1-4H3. The lowest BCUT2D eigenvalue weighted by atomic mass is 9.98. The summed E-state index contributed by atoms with van der Waals surface area (Å²) in [4.78, 5) is 2.62. The Kier molecular flexibility index (Phi) is 6.25. The highest BCUT2D eigenvalue weighted by atomic mass is 15.2. The number of hydrogen-bond donors (Lipinski definition) is 1. The summed E-state index contributed by atoms with van der Waals surface area (Å²) in [6.07, 6.45) is 2.55. The van der Waals surface area contributed by atoms with Crippen LogP contribution in [0.1, 0.15) is 63.6 Å². The molecule has 2 heteroatoms. The van der Waals surface area contributed by atoms with Crippen molar-refractivity contribution in [3.05, 3.63) is 35.4 Å². The summed E-state index contributed by atoms with van der Waals surface area (Å²) in [7, 11) is 0. The van der Waals surface area contributed by atoms with Crippen LogP contribution < -0.4 is 5.32 Å². The van der Waals surface area contributed by atoms with Crippen LogP contribution in [0.2, 0.25) is 0 Å². The fourth-order valence-electron chi connectivity index (χ4n) is 3.17. The Balaban J connectivity index is 2.03. The molecule has 1 saturated heterocycles. The van der Waals surface area contributed by atoms with Gasteiger partial charge in [0.15, 0.2) is 0 Å². The predicted molar refractivity (Wildman–Crippen MR) is 91.8 cm³/mol. The minimum atomic E-state index is 0.469. The molecule has 1 N–H and O–H groups in total. The van der Waals surface area contributed by atoms with Gasteiger partial charge in [-0.15, -0.1) is 0 Å². The Hall–Kier alpha value is -0.860. The van der Waals surface area contributed by atoms with Gasteiger partial charge in [-0.3, -0.25) is 0 Å². The Bertz CT molecular complexity index is 410. The maximum atomic E-state index is 3.73. The van der Waals surface area contributed by atoms with Crippen molar-refractivity contribution < 1.29 is 0 Å². The van der Waals surface area contributed by atoms with Crippen molar-refractivity contribution in [3.63, 3.8) is 0 Å². The normalized spacial score (nSPS) is 21.1. The third-order valence-electron chi connectivity index (χ3n) is 4.60. The number of benzene rings is 1. The zero-order valence-electron chi connectivity index (χ0n) is 14.2. The summed E-state index contributed by atoms with van der Waals surface area (Å²) in [6.45, 7) is 13.9. The van der Waals surface area contributed by atoms with Gasteiger partial charge in [0, 0.05) is 19.1 Å². The summed E-state index contributed by atoms with van der Waals surface area (Å²) in [5, 5.41) is 3.73. The number of nitrogens with one attached hydrogen (secondary N) is 1. The summed E-state index contributed by atoms with van der Waals surface area (Å²) in [5.74, 6) is 1.47. The smallest absolute Gasteiger partial charge is 0.0449 e. The second-order valence-electron chi connectivity index (χ2n) is 6.98. The fourth-order valence-corrected chi connectivity index (χ4v) is 3.17. The molecule has 0 aromatic heterocycles. The van der Waals surface area contributed by atoms with Crippen LogP contribution in [0.4, 0.5) is 0 Å². The van der Waals surface area contributed by atoms with E-state index in [1.54, 1.807) is 0 Å². The van der Waals surface area contributed by atoms with Crippen molar-refractivity contribution in [1.29, 1.82) is 0 Å². The van der Waals surface area contributed by atoms with E-state index in [2.05, 4.69) is 62.2 Å². The van der Waals surface area contributed by atoms with Gasteiger partial charge < -0.3 is 10.2 Å². The van der Waals surface area contributed by atoms with Crippen LogP contribution in [0.5, 0.6) is 0 Å². The molecule has 21 heavy (non-hydrogen) atoms. The van der Waals surface area contributed by atoms with Crippen LogP contribution in [0.25, 0.3) is 0 Å². The maximum absolute atomic E-state index is 3.73. The molecule has 2 nitrogen and oxygen atoms in total. The minimum absolute atomic E-state index is 0.469. The number of nitrogens with zero attached hydrogens (tertiary/aromatic N) is 1. The molecular weight excluding hydrogens is 256 g/mol. The van der Waals surface area contributed by atoms with Crippen LogP contribution in [-0.4, -0.2) is 31.1 Å². The largest absolute Gasteiger partial charge is 0.309 e. The van der Waals surface area contributed by atoms with Crippen LogP contribution in [0.15, 0.2) is 24.3 Å². The van der Waals surface area contributed by atoms with E-state index in [-0.39, 0.29) is 0 Å². The van der Waals surface area contributed by atoms with E-state index < -0.39 is 0 Å². The van der Waals surface area contributed by atoms with E-state index in [4.69, 9.17) is 0 Å². The molecule has 1 aromatic rings. The highest BCUT2D eigenvalue weighted by Gasteiger charge is 2.22. The minimum Gasteiger partial charge on any atom is -0.309 e. The van der Waals surface area contributed by atoms with Gasteiger partial charge in [0.2, 0.25) is 0 Å². The highest BCUT2D eigenvalue weighted by molar-refractivity contribution is 5.27. The van der Waals surface area contributed by atoms with Gasteiger partial charge in [0.25, 0.3) is 0 Å². The first-order chi connectivity index (χ1) is 10.1. The quantitative estimate of drug-likeness (QED) is 0.809. The molecule has 0 bridgehead atoms. The maximum Gasteiger partial charge on any atom is 0.0449 e. The van der Waals surface area contributed by atoms with Gasteiger partial charge >= 0.3 is 0 Å². The van der Waals surface area contributed by atoms with Gasteiger partial charge in [-0.25, -0.2) is 0 Å². The average molecular weight is 288 g/mol. The van der Waals surface area contributed by atoms with Crippen molar-refractivity contribution in [2.75, 3.05) is 26.2 Å². The molecule has 1 fully saturated rings. The third kappa shape index (κ3) is 4.82. The molecule has 0 spiro atoms. The van der Waals surface area contributed by atoms with Crippen molar-refractivity contribution in [1.82, 2.24) is 10.2 Å². The first-order valence-corrected chi connectivity index (χ1v) is 8.65. The molecule has 0 aliphatic carbocycles. The molecule has 2 unspecified atom stereocenters. The van der Waals surface area contributed by atoms with Crippen molar-refractivity contribution >= 4 is 0 Å². The molecule has 2 rings (SSSR count). The molecule has 0 amide bonds. The number of likely N-dealkylation sites (tertiary alicyclic amines) is 1. The molecule has 0 saturated carbocycles. The zero-order chi connectivity index (χ0) is 15.2. The van der Waals surface area contributed by atoms with E-state index in [0.29, 0.717) is 12.0 Å². The lowest BCUT2D eigenvalue weighted by Crippen LogP contribution is -2.34. The second kappa shape index (κ2) is 7.95. The van der Waals surface area contributed by atoms with Crippen molar-refractivity contribution in [2.24, 2.45) is 5.92 Å². The average Bonchev–Trinajstić information content (AvgIpc) is 2.89. The van der Waals surface area contributed by atoms with Crippen LogP contribution in [0, 0.1) is 5.92 Å². The summed E-state index contributed by atoms with van der Waals surface area (Å²) in [6, 6.07) is 9.71. The van der Waals surface area contributed by atoms with Crippen LogP contribution in [-0.2, 0) is 0 Å². The lowest BCUT2D eigenvalue weighted by Gasteiger charge is -2.25. The second-order valence-corrected chi connectivity index (χ2v) is 6.98. The molecule has 0 radical (unpaired) electrons. The van der Waals surface area contributed by atoms with E-state index in [0.717, 1.165) is 19.0 Å². The molecule has 1 heterocycles. The van der Waals surface area contributed by atoms with Gasteiger partial charge in [0.05, 0.1) is 0 Å². The monoisotopic (exact) mass is 288 g/mol. The molecule has 118 valence electrons. The van der Waals surface area contributed by atoms with E-state index in [9.17, 15) is 0 Å². The van der Waals surface area contributed by atoms with Crippen molar-refractivity contribution in [2.45, 2.75) is 52.5 Å². The molecule has 1 aromatic carbocycles. The molecule has 2 atom stereocenters. The van der Waals surface area contributed by atoms with Gasteiger partial charge in [-0.05, 0) is 48.9 Å². The predicted octanol–water partition coefficient (Wildman–Crippen LogP) is 4.19. The third-order valence-corrected chi connectivity index (χ3v) is 4.60. The highest BCUT2D eigenvalue weighted by Crippen LogP contribution is 2.22. The number of hydrogen-bond acceptors (Lipinski definition) is 2. The van der Waals surface area contributed by atoms with E-state index >= 15 is 0 Å². The van der Waals surface area contributed by atoms with E-state index in [1.165, 1.54) is 37.1 Å². The number of rotatable bonds is 7. The van der Waals surface area contributed by atoms with E-state index in [1.807, 2.05) is 0 Å². The topological polar surface area (TPSA) is 15.3 Å². The molecular formula is C19H32N2. The Morgan fingerprint density at radius 3 is 2.38 bits per heavy atom. The van der Waals surface area contributed by atoms with Gasteiger partial charge in [0.1, 0.15) is 0 Å². The SMILES string of the molecule is CCCNC(CN1CCC(C)C1)c1ccc(C(C)C)cc1. The lowest BCUT2D eigenvalue weighted by molar-refractivity contribution is 0.285. The zero-order valence-corrected chi connectivity index (χ0v) is 14.2. The first kappa shape index (κ1) is 16.5.